The smallest absolute Gasteiger partial charge is 0.247 e. The van der Waals surface area contributed by atoms with Gasteiger partial charge in [-0.05, 0) is 12.1 Å². The lowest BCUT2D eigenvalue weighted by Crippen LogP contribution is -2.28. The van der Waals surface area contributed by atoms with Gasteiger partial charge in [0.1, 0.15) is 28.1 Å². The van der Waals surface area contributed by atoms with E-state index in [1.807, 2.05) is 0 Å². The van der Waals surface area contributed by atoms with Crippen LogP contribution in [0.3, 0.4) is 0 Å². The van der Waals surface area contributed by atoms with Crippen LogP contribution in [0.1, 0.15) is 12.5 Å². The number of hydrogen-bond acceptors (Lipinski definition) is 4. The Balaban J connectivity index is 3.65. The third kappa shape index (κ3) is 2.30. The Kier molecular flexibility index (Phi) is 4.27. The first-order chi connectivity index (χ1) is 8.39. The van der Waals surface area contributed by atoms with Gasteiger partial charge in [0, 0.05) is 13.6 Å². The number of rotatable bonds is 4. The molecule has 0 N–H and O–H groups in total. The number of hydrogen-bond donors (Lipinski definition) is 0. The Hall–Kier alpha value is -1.65. The highest BCUT2D eigenvalue weighted by molar-refractivity contribution is 7.89. The number of benzene rings is 1. The normalized spacial score (nSPS) is 11.3. The molecule has 1 aromatic rings. The molecule has 0 aliphatic carbocycles. The maximum Gasteiger partial charge on any atom is 0.247 e. The van der Waals surface area contributed by atoms with E-state index in [1.165, 1.54) is 20.2 Å². The van der Waals surface area contributed by atoms with E-state index in [0.29, 0.717) is 0 Å². The van der Waals surface area contributed by atoms with Crippen LogP contribution in [0.2, 0.25) is 0 Å². The summed E-state index contributed by atoms with van der Waals surface area (Å²) in [5, 5.41) is 8.99. The van der Waals surface area contributed by atoms with Crippen molar-refractivity contribution in [2.75, 3.05) is 20.7 Å². The van der Waals surface area contributed by atoms with Gasteiger partial charge in [-0.25, -0.2) is 17.1 Å². The van der Waals surface area contributed by atoms with Crippen LogP contribution in [0.15, 0.2) is 17.0 Å². The zero-order valence-corrected chi connectivity index (χ0v) is 11.1. The van der Waals surface area contributed by atoms with Crippen molar-refractivity contribution in [1.29, 1.82) is 5.26 Å². The molecule has 1 rings (SSSR count). The average Bonchev–Trinajstić information content (AvgIpc) is 2.36. The molecule has 0 aromatic heterocycles. The van der Waals surface area contributed by atoms with Gasteiger partial charge in [0.2, 0.25) is 10.0 Å². The Labute approximate surface area is 105 Å². The second-order valence-corrected chi connectivity index (χ2v) is 5.47. The minimum atomic E-state index is -4.04. The van der Waals surface area contributed by atoms with Crippen LogP contribution in [-0.4, -0.2) is 33.4 Å². The molecule has 0 atom stereocenters. The molecule has 0 aliphatic rings. The Bertz CT molecular complexity index is 593. The molecule has 18 heavy (non-hydrogen) atoms. The third-order valence-corrected chi connectivity index (χ3v) is 4.51. The Morgan fingerprint density at radius 1 is 1.50 bits per heavy atom. The predicted molar refractivity (Wildman–Crippen MR) is 63.2 cm³/mol. The van der Waals surface area contributed by atoms with Crippen LogP contribution in [0.25, 0.3) is 0 Å². The zero-order chi connectivity index (χ0) is 13.9. The van der Waals surface area contributed by atoms with E-state index in [0.717, 1.165) is 10.4 Å². The van der Waals surface area contributed by atoms with Crippen LogP contribution < -0.4 is 4.74 Å². The summed E-state index contributed by atoms with van der Waals surface area (Å²) in [4.78, 5) is -0.645. The summed E-state index contributed by atoms with van der Waals surface area (Å²) in [7, 11) is -1.44. The summed E-state index contributed by atoms with van der Waals surface area (Å²) in [5.74, 6) is -0.936. The SMILES string of the molecule is CCN(C)S(=O)(=O)c1c(F)ccc(OC)c1C#N. The molecular weight excluding hydrogens is 259 g/mol. The van der Waals surface area contributed by atoms with Crippen molar-refractivity contribution in [3.8, 4) is 11.8 Å². The molecule has 7 heteroatoms. The lowest BCUT2D eigenvalue weighted by Gasteiger charge is -2.17. The third-order valence-electron chi connectivity index (χ3n) is 2.52. The van der Waals surface area contributed by atoms with Crippen LogP contribution in [0.4, 0.5) is 4.39 Å². The Morgan fingerprint density at radius 2 is 2.11 bits per heavy atom. The van der Waals surface area contributed by atoms with E-state index < -0.39 is 20.7 Å². The van der Waals surface area contributed by atoms with Gasteiger partial charge in [-0.3, -0.25) is 0 Å². The van der Waals surface area contributed by atoms with Gasteiger partial charge in [-0.15, -0.1) is 0 Å². The molecule has 5 nitrogen and oxygen atoms in total. The maximum absolute atomic E-state index is 13.7. The van der Waals surface area contributed by atoms with E-state index in [-0.39, 0.29) is 17.9 Å². The number of halogens is 1. The fourth-order valence-corrected chi connectivity index (χ4v) is 2.76. The summed E-state index contributed by atoms with van der Waals surface area (Å²) in [5.41, 5.74) is -0.321. The molecular formula is C11H13FN2O3S. The molecule has 0 fully saturated rings. The number of nitrogens with zero attached hydrogens (tertiary/aromatic N) is 2. The number of ether oxygens (including phenoxy) is 1. The summed E-state index contributed by atoms with van der Waals surface area (Å²) in [6.45, 7) is 1.78. The standard InChI is InChI=1S/C11H13FN2O3S/c1-4-14(2)18(15,16)11-8(7-13)10(17-3)6-5-9(11)12/h5-6H,4H2,1-3H3. The van der Waals surface area contributed by atoms with Crippen LogP contribution in [0.5, 0.6) is 5.75 Å². The van der Waals surface area contributed by atoms with Crippen molar-refractivity contribution >= 4 is 10.0 Å². The minimum absolute atomic E-state index is 0.0296. The highest BCUT2D eigenvalue weighted by Crippen LogP contribution is 2.29. The van der Waals surface area contributed by atoms with Gasteiger partial charge < -0.3 is 4.74 Å². The summed E-state index contributed by atoms with van der Waals surface area (Å²) < 4.78 is 43.8. The van der Waals surface area contributed by atoms with Crippen molar-refractivity contribution in [3.05, 3.63) is 23.5 Å². The topological polar surface area (TPSA) is 70.4 Å². The highest BCUT2D eigenvalue weighted by atomic mass is 32.2. The number of sulfonamides is 1. The van der Waals surface area contributed by atoms with Crippen molar-refractivity contribution in [2.24, 2.45) is 0 Å². The molecule has 0 aliphatic heterocycles. The first-order valence-electron chi connectivity index (χ1n) is 5.13. The van der Waals surface area contributed by atoms with E-state index >= 15 is 0 Å². The van der Waals surface area contributed by atoms with Gasteiger partial charge in [0.15, 0.2) is 0 Å². The molecule has 0 radical (unpaired) electrons. The largest absolute Gasteiger partial charge is 0.495 e. The van der Waals surface area contributed by atoms with E-state index in [2.05, 4.69) is 0 Å². The molecule has 0 heterocycles. The van der Waals surface area contributed by atoms with Crippen molar-refractivity contribution in [1.82, 2.24) is 4.31 Å². The van der Waals surface area contributed by atoms with Crippen LogP contribution in [0, 0.1) is 17.1 Å². The van der Waals surface area contributed by atoms with Crippen LogP contribution in [-0.2, 0) is 10.0 Å². The van der Waals surface area contributed by atoms with Gasteiger partial charge >= 0.3 is 0 Å². The first kappa shape index (κ1) is 14.4. The Morgan fingerprint density at radius 3 is 2.56 bits per heavy atom. The second-order valence-electron chi connectivity index (χ2n) is 3.48. The summed E-state index contributed by atoms with van der Waals surface area (Å²) in [6, 6.07) is 3.86. The molecule has 98 valence electrons. The molecule has 0 bridgehead atoms. The quantitative estimate of drug-likeness (QED) is 0.829. The number of nitriles is 1. The first-order valence-corrected chi connectivity index (χ1v) is 6.57. The molecule has 0 saturated heterocycles. The fraction of sp³-hybridized carbons (Fsp3) is 0.364. The fourth-order valence-electron chi connectivity index (χ4n) is 1.39. The predicted octanol–water partition coefficient (Wildman–Crippen LogP) is 1.35. The monoisotopic (exact) mass is 272 g/mol. The molecule has 1 aromatic carbocycles. The van der Waals surface area contributed by atoms with Crippen molar-refractivity contribution in [3.63, 3.8) is 0 Å². The molecule has 0 saturated carbocycles. The summed E-state index contributed by atoms with van der Waals surface area (Å²) >= 11 is 0. The average molecular weight is 272 g/mol. The van der Waals surface area contributed by atoms with Gasteiger partial charge in [-0.2, -0.15) is 5.26 Å². The van der Waals surface area contributed by atoms with E-state index in [9.17, 15) is 12.8 Å². The minimum Gasteiger partial charge on any atom is -0.495 e. The van der Waals surface area contributed by atoms with Crippen molar-refractivity contribution in [2.45, 2.75) is 11.8 Å². The highest BCUT2D eigenvalue weighted by Gasteiger charge is 2.29. The zero-order valence-electron chi connectivity index (χ0n) is 10.3. The molecule has 0 spiro atoms. The maximum atomic E-state index is 13.7. The van der Waals surface area contributed by atoms with Crippen molar-refractivity contribution < 1.29 is 17.5 Å². The van der Waals surface area contributed by atoms with Gasteiger partial charge in [-0.1, -0.05) is 6.92 Å². The van der Waals surface area contributed by atoms with Crippen LogP contribution >= 0.6 is 0 Å². The lowest BCUT2D eigenvalue weighted by molar-refractivity contribution is 0.408. The molecule has 0 amide bonds. The second kappa shape index (κ2) is 5.33. The van der Waals surface area contributed by atoms with E-state index in [4.69, 9.17) is 10.00 Å². The number of methoxy groups -OCH3 is 1. The van der Waals surface area contributed by atoms with Gasteiger partial charge in [0.05, 0.1) is 7.11 Å². The lowest BCUT2D eigenvalue weighted by atomic mass is 10.2. The summed E-state index contributed by atoms with van der Waals surface area (Å²) in [6.07, 6.45) is 0. The van der Waals surface area contributed by atoms with Gasteiger partial charge in [0.25, 0.3) is 0 Å². The van der Waals surface area contributed by atoms with E-state index in [1.54, 1.807) is 13.0 Å². The molecule has 0 unspecified atom stereocenters.